The third-order valence-electron chi connectivity index (χ3n) is 4.33. The third-order valence-corrected chi connectivity index (χ3v) is 4.33. The minimum atomic E-state index is -0.726. The predicted molar refractivity (Wildman–Crippen MR) is 107 cm³/mol. The lowest BCUT2D eigenvalue weighted by molar-refractivity contribution is -0.140. The van der Waals surface area contributed by atoms with Crippen LogP contribution in [0.15, 0.2) is 42.5 Å². The van der Waals surface area contributed by atoms with E-state index in [0.29, 0.717) is 25.7 Å². The molecule has 1 aliphatic heterocycles. The molecule has 0 spiro atoms. The number of cyclic esters (lactones) is 1. The molecule has 1 aliphatic rings. The molecule has 1 aromatic carbocycles. The van der Waals surface area contributed by atoms with Crippen LogP contribution in [0.5, 0.6) is 0 Å². The lowest BCUT2D eigenvalue weighted by Gasteiger charge is -2.26. The number of methoxy groups -OCH3 is 1. The van der Waals surface area contributed by atoms with Crippen LogP contribution in [0.4, 0.5) is 9.59 Å². The zero-order chi connectivity index (χ0) is 21.4. The fourth-order valence-electron chi connectivity index (χ4n) is 2.98. The average molecular weight is 403 g/mol. The monoisotopic (exact) mass is 403 g/mol. The van der Waals surface area contributed by atoms with E-state index in [1.807, 2.05) is 36.4 Å². The summed E-state index contributed by atoms with van der Waals surface area (Å²) in [7, 11) is 1.36. The number of hydrogen-bond acceptors (Lipinski definition) is 6. The summed E-state index contributed by atoms with van der Waals surface area (Å²) in [5, 5.41) is 0. The number of hydrogen-bond donors (Lipinski definition) is 0. The van der Waals surface area contributed by atoms with Gasteiger partial charge in [0, 0.05) is 6.42 Å². The maximum atomic E-state index is 12.6. The summed E-state index contributed by atoms with van der Waals surface area (Å²) < 4.78 is 15.5. The zero-order valence-corrected chi connectivity index (χ0v) is 17.4. The van der Waals surface area contributed by atoms with Crippen molar-refractivity contribution in [3.63, 3.8) is 0 Å². The number of esters is 1. The van der Waals surface area contributed by atoms with Crippen molar-refractivity contribution in [1.82, 2.24) is 4.90 Å². The number of amides is 2. The van der Waals surface area contributed by atoms with E-state index in [2.05, 4.69) is 4.74 Å². The molecule has 1 aromatic rings. The Morgan fingerprint density at radius 3 is 2.52 bits per heavy atom. The Balaban J connectivity index is 2.13. The zero-order valence-electron chi connectivity index (χ0n) is 17.4. The van der Waals surface area contributed by atoms with Gasteiger partial charge >= 0.3 is 18.2 Å². The van der Waals surface area contributed by atoms with Crippen molar-refractivity contribution >= 4 is 18.2 Å². The van der Waals surface area contributed by atoms with E-state index in [1.165, 1.54) is 7.11 Å². The van der Waals surface area contributed by atoms with Gasteiger partial charge in [0.25, 0.3) is 0 Å². The smallest absolute Gasteiger partial charge is 0.420 e. The number of allylic oxidation sites excluding steroid dienone is 1. The molecular weight excluding hydrogens is 374 g/mol. The highest BCUT2D eigenvalue weighted by molar-refractivity contribution is 5.90. The molecule has 0 aliphatic carbocycles. The van der Waals surface area contributed by atoms with Crippen molar-refractivity contribution in [2.24, 2.45) is 0 Å². The lowest BCUT2D eigenvalue weighted by Crippen LogP contribution is -2.44. The molecule has 2 unspecified atom stereocenters. The number of benzene rings is 1. The maximum Gasteiger partial charge on any atom is 0.420 e. The van der Waals surface area contributed by atoms with E-state index in [4.69, 9.17) is 9.47 Å². The van der Waals surface area contributed by atoms with Crippen molar-refractivity contribution in [2.45, 2.75) is 64.2 Å². The first kappa shape index (κ1) is 22.5. The number of carbonyl (C=O) groups is 3. The van der Waals surface area contributed by atoms with Gasteiger partial charge in [-0.05, 0) is 51.7 Å². The minimum absolute atomic E-state index is 0.260. The van der Waals surface area contributed by atoms with Gasteiger partial charge in [-0.3, -0.25) is 4.79 Å². The van der Waals surface area contributed by atoms with Gasteiger partial charge in [-0.25, -0.2) is 14.5 Å². The Morgan fingerprint density at radius 2 is 1.90 bits per heavy atom. The number of unbranched alkanes of at least 4 members (excludes halogenated alkanes) is 1. The van der Waals surface area contributed by atoms with Crippen molar-refractivity contribution in [1.29, 1.82) is 0 Å². The van der Waals surface area contributed by atoms with E-state index in [0.717, 1.165) is 10.5 Å². The highest BCUT2D eigenvalue weighted by Crippen LogP contribution is 2.26. The average Bonchev–Trinajstić information content (AvgIpc) is 2.95. The summed E-state index contributed by atoms with van der Waals surface area (Å²) in [4.78, 5) is 37.3. The van der Waals surface area contributed by atoms with Gasteiger partial charge in [0.15, 0.2) is 0 Å². The topological polar surface area (TPSA) is 82.1 Å². The van der Waals surface area contributed by atoms with Crippen LogP contribution in [0.3, 0.4) is 0 Å². The van der Waals surface area contributed by atoms with Crippen LogP contribution in [0.2, 0.25) is 0 Å². The van der Waals surface area contributed by atoms with E-state index >= 15 is 0 Å². The molecule has 1 heterocycles. The SMILES string of the molecule is COC(=O)CCCC=CC1OC(=O)N(C(=O)OC(C)(C)C)C1Cc1ccccc1. The summed E-state index contributed by atoms with van der Waals surface area (Å²) in [6.07, 6.45) is 3.63. The Labute approximate surface area is 171 Å². The van der Waals surface area contributed by atoms with Crippen LogP contribution < -0.4 is 0 Å². The Bertz CT molecular complexity index is 737. The molecule has 29 heavy (non-hydrogen) atoms. The molecule has 0 bridgehead atoms. The number of imide groups is 1. The lowest BCUT2D eigenvalue weighted by atomic mass is 10.00. The molecule has 2 amide bonds. The number of ether oxygens (including phenoxy) is 3. The highest BCUT2D eigenvalue weighted by atomic mass is 16.6. The second-order valence-corrected chi connectivity index (χ2v) is 7.85. The van der Waals surface area contributed by atoms with Crippen LogP contribution >= 0.6 is 0 Å². The number of carbonyl (C=O) groups excluding carboxylic acids is 3. The van der Waals surface area contributed by atoms with E-state index in [9.17, 15) is 14.4 Å². The van der Waals surface area contributed by atoms with Crippen molar-refractivity contribution in [3.05, 3.63) is 48.0 Å². The van der Waals surface area contributed by atoms with Gasteiger partial charge in [-0.2, -0.15) is 0 Å². The third kappa shape index (κ3) is 6.93. The summed E-state index contributed by atoms with van der Waals surface area (Å²) in [6.45, 7) is 5.24. The predicted octanol–water partition coefficient (Wildman–Crippen LogP) is 4.25. The van der Waals surface area contributed by atoms with Crippen LogP contribution in [-0.2, 0) is 25.4 Å². The molecule has 0 radical (unpaired) electrons. The van der Waals surface area contributed by atoms with Crippen molar-refractivity contribution in [2.75, 3.05) is 7.11 Å². The second-order valence-electron chi connectivity index (χ2n) is 7.85. The standard InChI is InChI=1S/C22H29NO6/c1-22(2,3)29-21(26)23-17(15-16-11-7-5-8-12-16)18(28-20(23)25)13-9-6-10-14-19(24)27-4/h5,7-9,11-13,17-18H,6,10,14-15H2,1-4H3. The van der Waals surface area contributed by atoms with Gasteiger partial charge in [0.05, 0.1) is 13.2 Å². The fraction of sp³-hybridized carbons (Fsp3) is 0.500. The molecule has 1 saturated heterocycles. The highest BCUT2D eigenvalue weighted by Gasteiger charge is 2.46. The largest absolute Gasteiger partial charge is 0.469 e. The van der Waals surface area contributed by atoms with Gasteiger partial charge in [0.1, 0.15) is 11.7 Å². The first-order chi connectivity index (χ1) is 13.7. The van der Waals surface area contributed by atoms with E-state index < -0.39 is 29.9 Å². The summed E-state index contributed by atoms with van der Waals surface area (Å²) in [5.41, 5.74) is 0.254. The fourth-order valence-corrected chi connectivity index (χ4v) is 2.98. The Morgan fingerprint density at radius 1 is 1.21 bits per heavy atom. The van der Waals surface area contributed by atoms with Crippen LogP contribution in [0.1, 0.15) is 45.6 Å². The van der Waals surface area contributed by atoms with Crippen molar-refractivity contribution < 1.29 is 28.6 Å². The first-order valence-electron chi connectivity index (χ1n) is 9.71. The van der Waals surface area contributed by atoms with Gasteiger partial charge < -0.3 is 14.2 Å². The molecule has 7 heteroatoms. The quantitative estimate of drug-likeness (QED) is 0.293. The van der Waals surface area contributed by atoms with Crippen LogP contribution in [-0.4, -0.2) is 47.9 Å². The van der Waals surface area contributed by atoms with E-state index in [1.54, 1.807) is 26.8 Å². The Hall–Kier alpha value is -2.83. The minimum Gasteiger partial charge on any atom is -0.469 e. The molecular formula is C22H29NO6. The first-order valence-corrected chi connectivity index (χ1v) is 9.71. The normalized spacial score (nSPS) is 19.3. The molecule has 7 nitrogen and oxygen atoms in total. The molecule has 0 aromatic heterocycles. The van der Waals surface area contributed by atoms with Crippen LogP contribution in [0, 0.1) is 0 Å². The maximum absolute atomic E-state index is 12.6. The number of nitrogens with zero attached hydrogens (tertiary/aromatic N) is 1. The second kappa shape index (κ2) is 10.1. The van der Waals surface area contributed by atoms with Gasteiger partial charge in [-0.1, -0.05) is 36.4 Å². The molecule has 0 N–H and O–H groups in total. The Kier molecular flexibility index (Phi) is 7.82. The van der Waals surface area contributed by atoms with E-state index in [-0.39, 0.29) is 5.97 Å². The molecule has 2 rings (SSSR count). The number of rotatable bonds is 7. The van der Waals surface area contributed by atoms with Crippen molar-refractivity contribution in [3.8, 4) is 0 Å². The van der Waals surface area contributed by atoms with Crippen LogP contribution in [0.25, 0.3) is 0 Å². The van der Waals surface area contributed by atoms with Gasteiger partial charge in [0.2, 0.25) is 0 Å². The summed E-state index contributed by atoms with van der Waals surface area (Å²) in [5.74, 6) is -0.260. The molecule has 1 fully saturated rings. The molecule has 2 atom stereocenters. The molecule has 0 saturated carbocycles. The summed E-state index contributed by atoms with van der Waals surface area (Å²) >= 11 is 0. The summed E-state index contributed by atoms with van der Waals surface area (Å²) in [6, 6.07) is 9.08. The molecule has 158 valence electrons. The van der Waals surface area contributed by atoms with Gasteiger partial charge in [-0.15, -0.1) is 0 Å².